The first-order chi connectivity index (χ1) is 8.53. The van der Waals surface area contributed by atoms with Crippen LogP contribution >= 0.6 is 28.6 Å². The first kappa shape index (κ1) is 13.8. The third-order valence-electron chi connectivity index (χ3n) is 2.87. The van der Waals surface area contributed by atoms with Gasteiger partial charge in [-0.25, -0.2) is 0 Å². The van der Waals surface area contributed by atoms with Crippen LogP contribution in [0.5, 0.6) is 5.75 Å². The van der Waals surface area contributed by atoms with Gasteiger partial charge >= 0.3 is 0 Å². The van der Waals surface area contributed by atoms with E-state index in [4.69, 9.17) is 4.74 Å². The van der Waals surface area contributed by atoms with Gasteiger partial charge in [0.1, 0.15) is 5.75 Å². The molecule has 2 aromatic rings. The van der Waals surface area contributed by atoms with Crippen molar-refractivity contribution in [3.8, 4) is 5.75 Å². The molecular formula is C15H17BrOS. The van der Waals surface area contributed by atoms with Gasteiger partial charge < -0.3 is 4.74 Å². The number of halogens is 1. The maximum absolute atomic E-state index is 5.90. The molecule has 0 saturated carbocycles. The number of thiol groups is 1. The predicted octanol–water partition coefficient (Wildman–Crippen LogP) is 4.94. The molecule has 0 N–H and O–H groups in total. The third kappa shape index (κ3) is 3.01. The molecular weight excluding hydrogens is 308 g/mol. The maximum atomic E-state index is 5.90. The van der Waals surface area contributed by atoms with Crippen LogP contribution in [0.1, 0.15) is 13.8 Å². The molecule has 18 heavy (non-hydrogen) atoms. The van der Waals surface area contributed by atoms with Gasteiger partial charge in [0.05, 0.1) is 11.1 Å². The van der Waals surface area contributed by atoms with Crippen molar-refractivity contribution in [2.24, 2.45) is 5.41 Å². The minimum atomic E-state index is 0.0776. The largest absolute Gasteiger partial charge is 0.492 e. The van der Waals surface area contributed by atoms with Gasteiger partial charge in [-0.3, -0.25) is 0 Å². The first-order valence-corrected chi connectivity index (χ1v) is 7.37. The Morgan fingerprint density at radius 2 is 1.89 bits per heavy atom. The number of fused-ring (bicyclic) bond motifs is 1. The second-order valence-corrected chi connectivity index (χ2v) is 6.32. The van der Waals surface area contributed by atoms with Gasteiger partial charge in [-0.2, -0.15) is 12.6 Å². The molecule has 96 valence electrons. The number of ether oxygens (including phenoxy) is 1. The Bertz CT molecular complexity index is 551. The summed E-state index contributed by atoms with van der Waals surface area (Å²) in [6, 6.07) is 12.4. The molecule has 0 aromatic heterocycles. The molecule has 2 aromatic carbocycles. The SMILES string of the molecule is CC(C)(CS)COc1ccc2ccccc2c1Br. The van der Waals surface area contributed by atoms with Gasteiger partial charge in [0.2, 0.25) is 0 Å². The Morgan fingerprint density at radius 3 is 2.61 bits per heavy atom. The number of hydrogen-bond acceptors (Lipinski definition) is 2. The molecule has 0 heterocycles. The lowest BCUT2D eigenvalue weighted by Gasteiger charge is -2.22. The van der Waals surface area contributed by atoms with E-state index in [9.17, 15) is 0 Å². The van der Waals surface area contributed by atoms with E-state index in [1.54, 1.807) is 0 Å². The lowest BCUT2D eigenvalue weighted by Crippen LogP contribution is -2.23. The number of rotatable bonds is 4. The van der Waals surface area contributed by atoms with Gasteiger partial charge in [0, 0.05) is 5.41 Å². The van der Waals surface area contributed by atoms with E-state index in [2.05, 4.69) is 60.6 Å². The molecule has 0 saturated heterocycles. The monoisotopic (exact) mass is 324 g/mol. The fourth-order valence-corrected chi connectivity index (χ4v) is 2.34. The average Bonchev–Trinajstić information content (AvgIpc) is 2.38. The van der Waals surface area contributed by atoms with Crippen LogP contribution in [0, 0.1) is 5.41 Å². The zero-order chi connectivity index (χ0) is 13.2. The summed E-state index contributed by atoms with van der Waals surface area (Å²) in [5.74, 6) is 1.70. The number of benzene rings is 2. The van der Waals surface area contributed by atoms with Gasteiger partial charge in [-0.1, -0.05) is 44.2 Å². The second-order valence-electron chi connectivity index (χ2n) is 5.21. The number of hydrogen-bond donors (Lipinski definition) is 1. The van der Waals surface area contributed by atoms with Gasteiger partial charge in [-0.05, 0) is 38.5 Å². The van der Waals surface area contributed by atoms with Gasteiger partial charge in [0.25, 0.3) is 0 Å². The quantitative estimate of drug-likeness (QED) is 0.784. The molecule has 0 unspecified atom stereocenters. The average molecular weight is 325 g/mol. The summed E-state index contributed by atoms with van der Waals surface area (Å²) in [5.41, 5.74) is 0.0776. The molecule has 0 aliphatic carbocycles. The molecule has 0 radical (unpaired) electrons. The molecule has 0 fully saturated rings. The molecule has 0 aliphatic heterocycles. The highest BCUT2D eigenvalue weighted by Gasteiger charge is 2.17. The van der Waals surface area contributed by atoms with E-state index in [1.165, 1.54) is 10.8 Å². The molecule has 3 heteroatoms. The Hall–Kier alpha value is -0.670. The molecule has 0 amide bonds. The minimum Gasteiger partial charge on any atom is -0.492 e. The lowest BCUT2D eigenvalue weighted by atomic mass is 9.98. The second kappa shape index (κ2) is 5.54. The highest BCUT2D eigenvalue weighted by molar-refractivity contribution is 9.10. The lowest BCUT2D eigenvalue weighted by molar-refractivity contribution is 0.201. The van der Waals surface area contributed by atoms with Gasteiger partial charge in [0.15, 0.2) is 0 Å². The van der Waals surface area contributed by atoms with Crippen LogP contribution in [-0.4, -0.2) is 12.4 Å². The van der Waals surface area contributed by atoms with Crippen LogP contribution in [0.2, 0.25) is 0 Å². The van der Waals surface area contributed by atoms with Crippen LogP contribution in [0.25, 0.3) is 10.8 Å². The molecule has 0 spiro atoms. The van der Waals surface area contributed by atoms with Crippen molar-refractivity contribution in [3.05, 3.63) is 40.9 Å². The van der Waals surface area contributed by atoms with Crippen molar-refractivity contribution in [1.29, 1.82) is 0 Å². The summed E-state index contributed by atoms with van der Waals surface area (Å²) < 4.78 is 6.93. The maximum Gasteiger partial charge on any atom is 0.134 e. The Balaban J connectivity index is 2.27. The Labute approximate surface area is 122 Å². The minimum absolute atomic E-state index is 0.0776. The zero-order valence-electron chi connectivity index (χ0n) is 10.6. The van der Waals surface area contributed by atoms with Crippen LogP contribution in [0.15, 0.2) is 40.9 Å². The van der Waals surface area contributed by atoms with Crippen LogP contribution in [0.3, 0.4) is 0 Å². The normalized spacial score (nSPS) is 11.8. The van der Waals surface area contributed by atoms with Crippen molar-refractivity contribution < 1.29 is 4.74 Å². The highest BCUT2D eigenvalue weighted by atomic mass is 79.9. The summed E-state index contributed by atoms with van der Waals surface area (Å²) in [7, 11) is 0. The van der Waals surface area contributed by atoms with Crippen molar-refractivity contribution >= 4 is 39.3 Å². The zero-order valence-corrected chi connectivity index (χ0v) is 13.1. The standard InChI is InChI=1S/C15H17BrOS/c1-15(2,10-18)9-17-13-8-7-11-5-3-4-6-12(11)14(13)16/h3-8,18H,9-10H2,1-2H3. The summed E-state index contributed by atoms with van der Waals surface area (Å²) in [5, 5.41) is 2.39. The third-order valence-corrected chi connectivity index (χ3v) is 4.55. The van der Waals surface area contributed by atoms with Crippen LogP contribution in [-0.2, 0) is 0 Å². The van der Waals surface area contributed by atoms with Crippen molar-refractivity contribution in [1.82, 2.24) is 0 Å². The highest BCUT2D eigenvalue weighted by Crippen LogP contribution is 2.34. The molecule has 2 rings (SSSR count). The van der Waals surface area contributed by atoms with E-state index >= 15 is 0 Å². The van der Waals surface area contributed by atoms with Crippen molar-refractivity contribution in [2.75, 3.05) is 12.4 Å². The predicted molar refractivity (Wildman–Crippen MR) is 84.8 cm³/mol. The summed E-state index contributed by atoms with van der Waals surface area (Å²) in [6.45, 7) is 4.96. The fraction of sp³-hybridized carbons (Fsp3) is 0.333. The van der Waals surface area contributed by atoms with Crippen molar-refractivity contribution in [3.63, 3.8) is 0 Å². The van der Waals surface area contributed by atoms with E-state index in [0.717, 1.165) is 16.0 Å². The van der Waals surface area contributed by atoms with E-state index in [-0.39, 0.29) is 5.41 Å². The smallest absolute Gasteiger partial charge is 0.134 e. The molecule has 0 bridgehead atoms. The Morgan fingerprint density at radius 1 is 1.17 bits per heavy atom. The summed E-state index contributed by atoms with van der Waals surface area (Å²) >= 11 is 7.97. The van der Waals surface area contributed by atoms with Crippen molar-refractivity contribution in [2.45, 2.75) is 13.8 Å². The first-order valence-electron chi connectivity index (χ1n) is 5.94. The van der Waals surface area contributed by atoms with Crippen LogP contribution in [0.4, 0.5) is 0 Å². The molecule has 0 aliphatic rings. The summed E-state index contributed by atoms with van der Waals surface area (Å²) in [4.78, 5) is 0. The summed E-state index contributed by atoms with van der Waals surface area (Å²) in [6.07, 6.45) is 0. The fourth-order valence-electron chi connectivity index (χ4n) is 1.64. The topological polar surface area (TPSA) is 9.23 Å². The molecule has 1 nitrogen and oxygen atoms in total. The Kier molecular flexibility index (Phi) is 4.23. The van der Waals surface area contributed by atoms with E-state index in [1.807, 2.05) is 18.2 Å². The molecule has 0 atom stereocenters. The van der Waals surface area contributed by atoms with Crippen LogP contribution < -0.4 is 4.74 Å². The van der Waals surface area contributed by atoms with E-state index < -0.39 is 0 Å². The van der Waals surface area contributed by atoms with E-state index in [0.29, 0.717) is 6.61 Å². The van der Waals surface area contributed by atoms with Gasteiger partial charge in [-0.15, -0.1) is 0 Å².